The second kappa shape index (κ2) is 5.13. The maximum Gasteiger partial charge on any atom is 0.256 e. The summed E-state index contributed by atoms with van der Waals surface area (Å²) in [4.78, 5) is 16.5. The molecule has 98 valence electrons. The largest absolute Gasteiger partial charge is 0.306 e. The van der Waals surface area contributed by atoms with Crippen LogP contribution in [0.3, 0.4) is 0 Å². The molecule has 1 heterocycles. The normalized spacial score (nSPS) is 10.4. The number of carbonyl (C=O) groups excluding carboxylic acids is 1. The number of pyridine rings is 1. The lowest BCUT2D eigenvalue weighted by molar-refractivity contribution is 0.102. The van der Waals surface area contributed by atoms with Crippen LogP contribution in [0.15, 0.2) is 60.8 Å². The second-order valence-corrected chi connectivity index (χ2v) is 4.70. The molecule has 1 amide bonds. The highest BCUT2D eigenvalue weighted by atomic mass is 16.1. The molecule has 2 aromatic carbocycles. The highest BCUT2D eigenvalue weighted by molar-refractivity contribution is 6.08. The van der Waals surface area contributed by atoms with E-state index in [2.05, 4.69) is 10.3 Å². The maximum atomic E-state index is 12.2. The Hall–Kier alpha value is -2.68. The van der Waals surface area contributed by atoms with E-state index in [1.54, 1.807) is 6.20 Å². The van der Waals surface area contributed by atoms with Crippen molar-refractivity contribution in [1.29, 1.82) is 0 Å². The number of aromatic nitrogens is 1. The van der Waals surface area contributed by atoms with Crippen LogP contribution in [0.25, 0.3) is 10.8 Å². The molecule has 3 heteroatoms. The van der Waals surface area contributed by atoms with Crippen LogP contribution < -0.4 is 5.32 Å². The molecular weight excluding hydrogens is 248 g/mol. The average Bonchev–Trinajstić information content (AvgIpc) is 2.48. The van der Waals surface area contributed by atoms with Crippen LogP contribution in [0.4, 0.5) is 5.82 Å². The highest BCUT2D eigenvalue weighted by Gasteiger charge is 2.08. The summed E-state index contributed by atoms with van der Waals surface area (Å²) in [7, 11) is 0. The Bertz CT molecular complexity index is 758. The summed E-state index contributed by atoms with van der Waals surface area (Å²) in [5.74, 6) is 0.447. The SMILES string of the molecule is Cc1ccc(C(=O)Nc2nccc3ccccc23)cc1. The number of benzene rings is 2. The van der Waals surface area contributed by atoms with E-state index in [1.807, 2.05) is 61.5 Å². The van der Waals surface area contributed by atoms with E-state index in [0.29, 0.717) is 11.4 Å². The number of rotatable bonds is 2. The number of aryl methyl sites for hydroxylation is 1. The van der Waals surface area contributed by atoms with Crippen molar-refractivity contribution >= 4 is 22.5 Å². The van der Waals surface area contributed by atoms with E-state index >= 15 is 0 Å². The quantitative estimate of drug-likeness (QED) is 0.763. The summed E-state index contributed by atoms with van der Waals surface area (Å²) < 4.78 is 0. The lowest BCUT2D eigenvalue weighted by Crippen LogP contribution is -2.13. The van der Waals surface area contributed by atoms with E-state index < -0.39 is 0 Å². The summed E-state index contributed by atoms with van der Waals surface area (Å²) in [5, 5.41) is 4.87. The second-order valence-electron chi connectivity index (χ2n) is 4.70. The van der Waals surface area contributed by atoms with E-state index in [-0.39, 0.29) is 5.91 Å². The molecule has 0 fully saturated rings. The number of carbonyl (C=O) groups is 1. The monoisotopic (exact) mass is 262 g/mol. The molecule has 0 saturated heterocycles. The Morgan fingerprint density at radius 1 is 1.00 bits per heavy atom. The lowest BCUT2D eigenvalue weighted by atomic mass is 10.1. The van der Waals surface area contributed by atoms with Crippen molar-refractivity contribution in [2.24, 2.45) is 0 Å². The van der Waals surface area contributed by atoms with Gasteiger partial charge in [-0.1, -0.05) is 42.0 Å². The van der Waals surface area contributed by atoms with Crippen LogP contribution in [0.1, 0.15) is 15.9 Å². The zero-order valence-corrected chi connectivity index (χ0v) is 11.1. The van der Waals surface area contributed by atoms with Gasteiger partial charge in [-0.05, 0) is 30.5 Å². The Kier molecular flexibility index (Phi) is 3.17. The topological polar surface area (TPSA) is 42.0 Å². The number of hydrogen-bond acceptors (Lipinski definition) is 2. The van der Waals surface area contributed by atoms with E-state index in [0.717, 1.165) is 16.3 Å². The number of hydrogen-bond donors (Lipinski definition) is 1. The molecule has 20 heavy (non-hydrogen) atoms. The van der Waals surface area contributed by atoms with Crippen LogP contribution >= 0.6 is 0 Å². The molecule has 0 spiro atoms. The zero-order valence-electron chi connectivity index (χ0n) is 11.1. The summed E-state index contributed by atoms with van der Waals surface area (Å²) in [6.07, 6.45) is 1.70. The molecule has 3 aromatic rings. The summed E-state index contributed by atoms with van der Waals surface area (Å²) in [6.45, 7) is 1.99. The van der Waals surface area contributed by atoms with Gasteiger partial charge in [0, 0.05) is 17.1 Å². The minimum Gasteiger partial charge on any atom is -0.306 e. The first-order chi connectivity index (χ1) is 9.74. The number of fused-ring (bicyclic) bond motifs is 1. The smallest absolute Gasteiger partial charge is 0.256 e. The molecule has 1 N–H and O–H groups in total. The van der Waals surface area contributed by atoms with Gasteiger partial charge in [0.15, 0.2) is 0 Å². The van der Waals surface area contributed by atoms with Crippen molar-refractivity contribution in [2.45, 2.75) is 6.92 Å². The number of nitrogens with one attached hydrogen (secondary N) is 1. The highest BCUT2D eigenvalue weighted by Crippen LogP contribution is 2.20. The molecule has 3 rings (SSSR count). The molecule has 0 atom stereocenters. The van der Waals surface area contributed by atoms with Gasteiger partial charge in [0.2, 0.25) is 0 Å². The summed E-state index contributed by atoms with van der Waals surface area (Å²) in [5.41, 5.74) is 1.76. The van der Waals surface area contributed by atoms with E-state index in [4.69, 9.17) is 0 Å². The molecule has 0 saturated carbocycles. The first kappa shape index (κ1) is 12.4. The fourth-order valence-corrected chi connectivity index (χ4v) is 2.10. The minimum atomic E-state index is -0.145. The molecule has 0 aliphatic carbocycles. The molecule has 1 aromatic heterocycles. The first-order valence-corrected chi connectivity index (χ1v) is 6.46. The Morgan fingerprint density at radius 2 is 1.75 bits per heavy atom. The van der Waals surface area contributed by atoms with Gasteiger partial charge < -0.3 is 5.32 Å². The minimum absolute atomic E-state index is 0.145. The number of anilines is 1. The van der Waals surface area contributed by atoms with Crippen molar-refractivity contribution in [2.75, 3.05) is 5.32 Å². The molecule has 0 unspecified atom stereocenters. The Labute approximate surface area is 117 Å². The molecule has 0 aliphatic rings. The van der Waals surface area contributed by atoms with Gasteiger partial charge in [-0.15, -0.1) is 0 Å². The Balaban J connectivity index is 1.93. The van der Waals surface area contributed by atoms with Crippen LogP contribution in [-0.4, -0.2) is 10.9 Å². The number of amides is 1. The van der Waals surface area contributed by atoms with Crippen LogP contribution in [0, 0.1) is 6.92 Å². The fraction of sp³-hybridized carbons (Fsp3) is 0.0588. The van der Waals surface area contributed by atoms with Crippen molar-refractivity contribution in [1.82, 2.24) is 4.98 Å². The van der Waals surface area contributed by atoms with Gasteiger partial charge in [-0.3, -0.25) is 4.79 Å². The van der Waals surface area contributed by atoms with Gasteiger partial charge in [-0.25, -0.2) is 4.98 Å². The predicted molar refractivity (Wildman–Crippen MR) is 80.9 cm³/mol. The fourth-order valence-electron chi connectivity index (χ4n) is 2.10. The van der Waals surface area contributed by atoms with Crippen LogP contribution in [0.2, 0.25) is 0 Å². The van der Waals surface area contributed by atoms with Gasteiger partial charge in [0.05, 0.1) is 0 Å². The third-order valence-electron chi connectivity index (χ3n) is 3.22. The van der Waals surface area contributed by atoms with Crippen LogP contribution in [0.5, 0.6) is 0 Å². The zero-order chi connectivity index (χ0) is 13.9. The molecule has 0 aliphatic heterocycles. The first-order valence-electron chi connectivity index (χ1n) is 6.46. The van der Waals surface area contributed by atoms with E-state index in [9.17, 15) is 4.79 Å². The van der Waals surface area contributed by atoms with Crippen molar-refractivity contribution < 1.29 is 4.79 Å². The predicted octanol–water partition coefficient (Wildman–Crippen LogP) is 3.80. The third kappa shape index (κ3) is 2.38. The lowest BCUT2D eigenvalue weighted by Gasteiger charge is -2.07. The molecule has 0 radical (unpaired) electrons. The van der Waals surface area contributed by atoms with Gasteiger partial charge >= 0.3 is 0 Å². The summed E-state index contributed by atoms with van der Waals surface area (Å²) in [6, 6.07) is 17.3. The van der Waals surface area contributed by atoms with Crippen molar-refractivity contribution in [3.8, 4) is 0 Å². The standard InChI is InChI=1S/C17H14N2O/c1-12-6-8-14(9-7-12)17(20)19-16-15-5-3-2-4-13(15)10-11-18-16/h2-11H,1H3,(H,18,19,20). The maximum absolute atomic E-state index is 12.2. The van der Waals surface area contributed by atoms with Crippen molar-refractivity contribution in [3.63, 3.8) is 0 Å². The van der Waals surface area contributed by atoms with E-state index in [1.165, 1.54) is 0 Å². The third-order valence-corrected chi connectivity index (χ3v) is 3.22. The van der Waals surface area contributed by atoms with Gasteiger partial charge in [-0.2, -0.15) is 0 Å². The Morgan fingerprint density at radius 3 is 2.55 bits per heavy atom. The van der Waals surface area contributed by atoms with Crippen LogP contribution in [-0.2, 0) is 0 Å². The van der Waals surface area contributed by atoms with Gasteiger partial charge in [0.25, 0.3) is 5.91 Å². The van der Waals surface area contributed by atoms with Crippen molar-refractivity contribution in [3.05, 3.63) is 71.9 Å². The molecule has 0 bridgehead atoms. The molecular formula is C17H14N2O. The average molecular weight is 262 g/mol. The molecule has 3 nitrogen and oxygen atoms in total. The summed E-state index contributed by atoms with van der Waals surface area (Å²) >= 11 is 0. The number of nitrogens with zero attached hydrogens (tertiary/aromatic N) is 1. The van der Waals surface area contributed by atoms with Gasteiger partial charge in [0.1, 0.15) is 5.82 Å².